The van der Waals surface area contributed by atoms with Crippen molar-refractivity contribution in [2.75, 3.05) is 6.26 Å². The number of amides is 2. The van der Waals surface area contributed by atoms with Gasteiger partial charge in [0, 0.05) is 17.4 Å². The summed E-state index contributed by atoms with van der Waals surface area (Å²) in [5.74, 6) is -1.32. The van der Waals surface area contributed by atoms with Gasteiger partial charge in [-0.05, 0) is 43.3 Å². The maximum absolute atomic E-state index is 12.7. The number of hydrogen-bond donors (Lipinski definition) is 2. The lowest BCUT2D eigenvalue weighted by molar-refractivity contribution is -0.137. The van der Waals surface area contributed by atoms with Crippen molar-refractivity contribution in [2.45, 2.75) is 18.0 Å². The van der Waals surface area contributed by atoms with Crippen LogP contribution in [0.1, 0.15) is 31.3 Å². The SMILES string of the molecule is Cc1nc(-c2ccc(C(F)(F)F)cc2)sc1C(=O)NNC(=O)c1ccc(S(C)(=O)=O)cc1. The first-order chi connectivity index (χ1) is 14.9. The van der Waals surface area contributed by atoms with Crippen LogP contribution < -0.4 is 10.9 Å². The largest absolute Gasteiger partial charge is 0.416 e. The number of aryl methyl sites for hydroxylation is 1. The zero-order chi connectivity index (χ0) is 23.7. The summed E-state index contributed by atoms with van der Waals surface area (Å²) in [4.78, 5) is 29.1. The van der Waals surface area contributed by atoms with Crippen molar-refractivity contribution in [3.05, 3.63) is 70.2 Å². The number of nitrogens with zero attached hydrogens (tertiary/aromatic N) is 1. The Kier molecular flexibility index (Phi) is 6.37. The Labute approximate surface area is 185 Å². The molecule has 12 heteroatoms. The van der Waals surface area contributed by atoms with Crippen LogP contribution in [-0.4, -0.2) is 31.5 Å². The van der Waals surface area contributed by atoms with Crippen molar-refractivity contribution in [1.82, 2.24) is 15.8 Å². The predicted molar refractivity (Wildman–Crippen MR) is 112 cm³/mol. The summed E-state index contributed by atoms with van der Waals surface area (Å²) in [6, 6.07) is 9.56. The minimum absolute atomic E-state index is 0.0502. The third kappa shape index (κ3) is 5.32. The lowest BCUT2D eigenvalue weighted by Crippen LogP contribution is -2.41. The second kappa shape index (κ2) is 8.71. The molecule has 0 fully saturated rings. The number of sulfone groups is 1. The number of hydrazine groups is 1. The standard InChI is InChI=1S/C20H16F3N3O4S2/c1-11-16(31-19(24-11)13-3-7-14(8-4-13)20(21,22)23)18(28)26-25-17(27)12-5-9-15(10-6-12)32(2,29)30/h3-10H,1-2H3,(H,25,27)(H,26,28). The van der Waals surface area contributed by atoms with E-state index in [1.54, 1.807) is 6.92 Å². The second-order valence-electron chi connectivity index (χ2n) is 6.71. The van der Waals surface area contributed by atoms with E-state index >= 15 is 0 Å². The number of thiazole rings is 1. The van der Waals surface area contributed by atoms with Crippen molar-refractivity contribution in [1.29, 1.82) is 0 Å². The highest BCUT2D eigenvalue weighted by molar-refractivity contribution is 7.90. The monoisotopic (exact) mass is 483 g/mol. The van der Waals surface area contributed by atoms with Crippen LogP contribution in [0, 0.1) is 6.92 Å². The molecule has 0 bridgehead atoms. The maximum atomic E-state index is 12.7. The highest BCUT2D eigenvalue weighted by Gasteiger charge is 2.30. The van der Waals surface area contributed by atoms with Crippen molar-refractivity contribution in [3.8, 4) is 10.6 Å². The molecule has 3 aromatic rings. The van der Waals surface area contributed by atoms with Crippen molar-refractivity contribution in [3.63, 3.8) is 0 Å². The Hall–Kier alpha value is -3.25. The molecular formula is C20H16F3N3O4S2. The molecule has 2 amide bonds. The van der Waals surface area contributed by atoms with Crippen molar-refractivity contribution < 1.29 is 31.2 Å². The number of carbonyl (C=O) groups is 2. The van der Waals surface area contributed by atoms with Crippen LogP contribution in [0.3, 0.4) is 0 Å². The van der Waals surface area contributed by atoms with Crippen LogP contribution in [0.2, 0.25) is 0 Å². The van der Waals surface area contributed by atoms with Gasteiger partial charge in [0.2, 0.25) is 0 Å². The highest BCUT2D eigenvalue weighted by Crippen LogP contribution is 2.32. The van der Waals surface area contributed by atoms with Gasteiger partial charge in [-0.15, -0.1) is 11.3 Å². The summed E-state index contributed by atoms with van der Waals surface area (Å²) >= 11 is 0.964. The van der Waals surface area contributed by atoms with Crippen LogP contribution >= 0.6 is 11.3 Å². The first-order valence-electron chi connectivity index (χ1n) is 8.92. The van der Waals surface area contributed by atoms with Crippen molar-refractivity contribution >= 4 is 33.0 Å². The number of hydrogen-bond acceptors (Lipinski definition) is 6. The molecule has 7 nitrogen and oxygen atoms in total. The van der Waals surface area contributed by atoms with Gasteiger partial charge in [0.15, 0.2) is 9.84 Å². The number of alkyl halides is 3. The molecule has 0 aliphatic heterocycles. The third-order valence-corrected chi connectivity index (χ3v) is 6.63. The van der Waals surface area contributed by atoms with Crippen LogP contribution in [-0.2, 0) is 16.0 Å². The van der Waals surface area contributed by atoms with E-state index in [9.17, 15) is 31.2 Å². The molecular weight excluding hydrogens is 467 g/mol. The molecule has 0 saturated carbocycles. The van der Waals surface area contributed by atoms with Crippen molar-refractivity contribution in [2.24, 2.45) is 0 Å². The van der Waals surface area contributed by atoms with Gasteiger partial charge in [0.05, 0.1) is 16.2 Å². The number of aromatic nitrogens is 1. The minimum Gasteiger partial charge on any atom is -0.267 e. The summed E-state index contributed by atoms with van der Waals surface area (Å²) in [6.07, 6.45) is -3.41. The summed E-state index contributed by atoms with van der Waals surface area (Å²) in [7, 11) is -3.40. The fourth-order valence-corrected chi connectivity index (χ4v) is 4.23. The summed E-state index contributed by atoms with van der Waals surface area (Å²) in [5, 5.41) is 0.351. The molecule has 0 spiro atoms. The quantitative estimate of drug-likeness (QED) is 0.552. The van der Waals surface area contributed by atoms with E-state index in [1.807, 2.05) is 0 Å². The lowest BCUT2D eigenvalue weighted by atomic mass is 10.1. The molecule has 3 rings (SSSR count). The van der Waals surface area contributed by atoms with Gasteiger partial charge in [0.25, 0.3) is 11.8 Å². The Morgan fingerprint density at radius 1 is 0.938 bits per heavy atom. The fraction of sp³-hybridized carbons (Fsp3) is 0.150. The van der Waals surface area contributed by atoms with Gasteiger partial charge in [-0.1, -0.05) is 12.1 Å². The summed E-state index contributed by atoms with van der Waals surface area (Å²) < 4.78 is 61.1. The fourth-order valence-electron chi connectivity index (χ4n) is 2.63. The predicted octanol–water partition coefficient (Wildman–Crippen LogP) is 3.62. The van der Waals surface area contributed by atoms with E-state index in [-0.39, 0.29) is 15.3 Å². The van der Waals surface area contributed by atoms with Gasteiger partial charge in [-0.3, -0.25) is 20.4 Å². The molecule has 0 saturated heterocycles. The summed E-state index contributed by atoms with van der Waals surface area (Å²) in [5.41, 5.74) is 4.56. The minimum atomic E-state index is -4.45. The normalized spacial score (nSPS) is 11.8. The number of carbonyl (C=O) groups excluding carboxylic acids is 2. The molecule has 2 aromatic carbocycles. The molecule has 0 aliphatic rings. The average Bonchev–Trinajstić information content (AvgIpc) is 3.12. The molecule has 2 N–H and O–H groups in total. The Balaban J connectivity index is 1.68. The molecule has 168 valence electrons. The van der Waals surface area contributed by atoms with Gasteiger partial charge >= 0.3 is 6.18 Å². The second-order valence-corrected chi connectivity index (χ2v) is 9.73. The molecule has 0 atom stereocenters. The van der Waals surface area contributed by atoms with Gasteiger partial charge in [0.1, 0.15) is 9.88 Å². The number of benzene rings is 2. The van der Waals surface area contributed by atoms with E-state index < -0.39 is 33.4 Å². The smallest absolute Gasteiger partial charge is 0.267 e. The number of nitrogens with one attached hydrogen (secondary N) is 2. The maximum Gasteiger partial charge on any atom is 0.416 e. The number of halogens is 3. The molecule has 0 radical (unpaired) electrons. The Morgan fingerprint density at radius 3 is 2.03 bits per heavy atom. The lowest BCUT2D eigenvalue weighted by Gasteiger charge is -2.07. The summed E-state index contributed by atoms with van der Waals surface area (Å²) in [6.45, 7) is 1.56. The topological polar surface area (TPSA) is 105 Å². The first-order valence-corrected chi connectivity index (χ1v) is 11.6. The average molecular weight is 483 g/mol. The van der Waals surface area contributed by atoms with E-state index in [2.05, 4.69) is 15.8 Å². The van der Waals surface area contributed by atoms with E-state index in [0.717, 1.165) is 29.7 Å². The molecule has 1 aromatic heterocycles. The van der Waals surface area contributed by atoms with Gasteiger partial charge in [-0.25, -0.2) is 13.4 Å². The van der Waals surface area contributed by atoms with Crippen LogP contribution in [0.4, 0.5) is 13.2 Å². The molecule has 32 heavy (non-hydrogen) atoms. The Bertz CT molecular complexity index is 1270. The number of rotatable bonds is 4. The van der Waals surface area contributed by atoms with E-state index in [0.29, 0.717) is 16.3 Å². The van der Waals surface area contributed by atoms with E-state index in [4.69, 9.17) is 0 Å². The van der Waals surface area contributed by atoms with Crippen LogP contribution in [0.15, 0.2) is 53.4 Å². The van der Waals surface area contributed by atoms with Gasteiger partial charge < -0.3 is 0 Å². The van der Waals surface area contributed by atoms with Crippen LogP contribution in [0.25, 0.3) is 10.6 Å². The first kappa shape index (κ1) is 23.4. The van der Waals surface area contributed by atoms with Gasteiger partial charge in [-0.2, -0.15) is 13.2 Å². The zero-order valence-corrected chi connectivity index (χ0v) is 18.3. The molecule has 1 heterocycles. The highest BCUT2D eigenvalue weighted by atomic mass is 32.2. The molecule has 0 aliphatic carbocycles. The third-order valence-electron chi connectivity index (χ3n) is 4.30. The van der Waals surface area contributed by atoms with E-state index in [1.165, 1.54) is 36.4 Å². The Morgan fingerprint density at radius 2 is 1.50 bits per heavy atom. The zero-order valence-electron chi connectivity index (χ0n) is 16.6. The molecule has 0 unspecified atom stereocenters. The van der Waals surface area contributed by atoms with Crippen LogP contribution in [0.5, 0.6) is 0 Å².